The number of carboxylic acids is 1. The van der Waals surface area contributed by atoms with Crippen molar-refractivity contribution in [2.45, 2.75) is 51.3 Å². The van der Waals surface area contributed by atoms with E-state index >= 15 is 0 Å². The lowest BCUT2D eigenvalue weighted by atomic mass is 10.1. The summed E-state index contributed by atoms with van der Waals surface area (Å²) in [6.07, 6.45) is 0.783. The molecular weight excluding hydrogens is 372 g/mol. The van der Waals surface area contributed by atoms with Crippen LogP contribution in [0.1, 0.15) is 31.9 Å². The van der Waals surface area contributed by atoms with Gasteiger partial charge in [0.1, 0.15) is 23.4 Å². The van der Waals surface area contributed by atoms with Crippen molar-refractivity contribution in [3.63, 3.8) is 0 Å². The van der Waals surface area contributed by atoms with Crippen LogP contribution in [-0.4, -0.2) is 39.8 Å². The highest BCUT2D eigenvalue weighted by Crippen LogP contribution is 2.13. The Balaban J connectivity index is 0.000000308. The van der Waals surface area contributed by atoms with E-state index < -0.39 is 29.6 Å². The van der Waals surface area contributed by atoms with Gasteiger partial charge in [-0.05, 0) is 56.9 Å². The Morgan fingerprint density at radius 1 is 0.897 bits per heavy atom. The standard InChI is InChI=1S/C13H19NO3.C9H11NO2/c1-13(2,3)17-12(16)11(14)8-9-4-6-10(15)7-5-9;10-8(9(11)12)6-7-4-2-1-3-5-7/h4-7,11,15H,8,14H2,1-3H3;1-5,8H,6,10H2,(H,11,12)/t11-;8-/m00/s1. The van der Waals surface area contributed by atoms with Gasteiger partial charge in [-0.3, -0.25) is 9.59 Å². The van der Waals surface area contributed by atoms with Crippen LogP contribution in [0.3, 0.4) is 0 Å². The molecule has 0 aliphatic heterocycles. The fourth-order valence-electron chi connectivity index (χ4n) is 2.30. The summed E-state index contributed by atoms with van der Waals surface area (Å²) in [6.45, 7) is 5.41. The smallest absolute Gasteiger partial charge is 0.323 e. The van der Waals surface area contributed by atoms with Crippen molar-refractivity contribution in [2.24, 2.45) is 11.5 Å². The van der Waals surface area contributed by atoms with E-state index in [-0.39, 0.29) is 5.75 Å². The van der Waals surface area contributed by atoms with E-state index in [4.69, 9.17) is 26.4 Å². The van der Waals surface area contributed by atoms with Gasteiger partial charge < -0.3 is 26.4 Å². The number of benzene rings is 2. The number of phenolic OH excluding ortho intramolecular Hbond substituents is 1. The Labute approximate surface area is 171 Å². The fourth-order valence-corrected chi connectivity index (χ4v) is 2.30. The van der Waals surface area contributed by atoms with Crippen LogP contribution in [0.15, 0.2) is 54.6 Å². The maximum absolute atomic E-state index is 11.6. The number of nitrogens with two attached hydrogens (primary N) is 2. The van der Waals surface area contributed by atoms with Crippen molar-refractivity contribution >= 4 is 11.9 Å². The lowest BCUT2D eigenvalue weighted by molar-refractivity contribution is -0.156. The third-order valence-corrected chi connectivity index (χ3v) is 3.72. The number of hydrogen-bond acceptors (Lipinski definition) is 6. The molecule has 0 unspecified atom stereocenters. The number of aromatic hydroxyl groups is 1. The summed E-state index contributed by atoms with van der Waals surface area (Å²) in [5.74, 6) is -1.18. The third kappa shape index (κ3) is 10.3. The number of esters is 1. The minimum atomic E-state index is -0.959. The van der Waals surface area contributed by atoms with E-state index in [1.165, 1.54) is 0 Å². The van der Waals surface area contributed by atoms with Gasteiger partial charge in [-0.25, -0.2) is 0 Å². The van der Waals surface area contributed by atoms with Crippen LogP contribution < -0.4 is 11.5 Å². The summed E-state index contributed by atoms with van der Waals surface area (Å²) >= 11 is 0. The lowest BCUT2D eigenvalue weighted by Gasteiger charge is -2.22. The second-order valence-corrected chi connectivity index (χ2v) is 7.64. The van der Waals surface area contributed by atoms with Crippen molar-refractivity contribution in [1.29, 1.82) is 0 Å². The Hall–Kier alpha value is -2.90. The fraction of sp³-hybridized carbons (Fsp3) is 0.364. The largest absolute Gasteiger partial charge is 0.508 e. The second kappa shape index (κ2) is 11.2. The molecule has 2 atom stereocenters. The molecule has 6 N–H and O–H groups in total. The van der Waals surface area contributed by atoms with E-state index in [1.54, 1.807) is 45.0 Å². The highest BCUT2D eigenvalue weighted by atomic mass is 16.6. The van der Waals surface area contributed by atoms with Crippen molar-refractivity contribution in [1.82, 2.24) is 0 Å². The molecule has 0 saturated carbocycles. The van der Waals surface area contributed by atoms with Crippen LogP contribution in [0.4, 0.5) is 0 Å². The van der Waals surface area contributed by atoms with Gasteiger partial charge in [-0.2, -0.15) is 0 Å². The highest BCUT2D eigenvalue weighted by Gasteiger charge is 2.22. The summed E-state index contributed by atoms with van der Waals surface area (Å²) in [4.78, 5) is 22.0. The number of hydrogen-bond donors (Lipinski definition) is 4. The Kier molecular flexibility index (Phi) is 9.31. The quantitative estimate of drug-likeness (QED) is 0.544. The molecule has 7 heteroatoms. The zero-order valence-corrected chi connectivity index (χ0v) is 17.0. The van der Waals surface area contributed by atoms with Gasteiger partial charge >= 0.3 is 11.9 Å². The van der Waals surface area contributed by atoms with E-state index in [1.807, 2.05) is 30.3 Å². The molecule has 0 heterocycles. The molecule has 0 aliphatic carbocycles. The monoisotopic (exact) mass is 402 g/mol. The summed E-state index contributed by atoms with van der Waals surface area (Å²) in [7, 11) is 0. The first-order valence-corrected chi connectivity index (χ1v) is 9.26. The topological polar surface area (TPSA) is 136 Å². The number of carbonyl (C=O) groups excluding carboxylic acids is 1. The predicted octanol–water partition coefficient (Wildman–Crippen LogP) is 2.24. The first kappa shape index (κ1) is 24.1. The second-order valence-electron chi connectivity index (χ2n) is 7.64. The normalized spacial score (nSPS) is 12.9. The maximum Gasteiger partial charge on any atom is 0.323 e. The van der Waals surface area contributed by atoms with Crippen molar-refractivity contribution in [3.8, 4) is 5.75 Å². The molecule has 0 saturated heterocycles. The summed E-state index contributed by atoms with van der Waals surface area (Å²) in [5, 5.41) is 17.6. The molecule has 2 aromatic carbocycles. The SMILES string of the molecule is CC(C)(C)OC(=O)[C@@H](N)Cc1ccc(O)cc1.N[C@@H](Cc1ccccc1)C(=O)O. The van der Waals surface area contributed by atoms with Crippen molar-refractivity contribution in [2.75, 3.05) is 0 Å². The van der Waals surface area contributed by atoms with E-state index in [0.717, 1.165) is 11.1 Å². The van der Waals surface area contributed by atoms with E-state index in [0.29, 0.717) is 12.8 Å². The molecule has 0 aromatic heterocycles. The third-order valence-electron chi connectivity index (χ3n) is 3.72. The van der Waals surface area contributed by atoms with Crippen LogP contribution in [0, 0.1) is 0 Å². The summed E-state index contributed by atoms with van der Waals surface area (Å²) < 4.78 is 5.18. The molecule has 29 heavy (non-hydrogen) atoms. The first-order valence-electron chi connectivity index (χ1n) is 9.26. The Morgan fingerprint density at radius 2 is 1.38 bits per heavy atom. The molecule has 2 aromatic rings. The van der Waals surface area contributed by atoms with Crippen LogP contribution in [0.5, 0.6) is 5.75 Å². The average molecular weight is 402 g/mol. The van der Waals surface area contributed by atoms with Gasteiger partial charge in [0.05, 0.1) is 0 Å². The van der Waals surface area contributed by atoms with Crippen molar-refractivity contribution < 1.29 is 24.5 Å². The molecule has 0 aliphatic rings. The Morgan fingerprint density at radius 3 is 1.86 bits per heavy atom. The zero-order chi connectivity index (χ0) is 22.0. The van der Waals surface area contributed by atoms with Crippen LogP contribution >= 0.6 is 0 Å². The average Bonchev–Trinajstić information content (AvgIpc) is 2.63. The van der Waals surface area contributed by atoms with Gasteiger partial charge in [0.15, 0.2) is 0 Å². The van der Waals surface area contributed by atoms with Crippen molar-refractivity contribution in [3.05, 3.63) is 65.7 Å². The molecule has 0 amide bonds. The number of aliphatic carboxylic acids is 1. The number of ether oxygens (including phenoxy) is 1. The molecule has 0 spiro atoms. The molecule has 158 valence electrons. The molecule has 0 radical (unpaired) electrons. The molecule has 7 nitrogen and oxygen atoms in total. The maximum atomic E-state index is 11.6. The molecule has 0 bridgehead atoms. The van der Waals surface area contributed by atoms with Gasteiger partial charge in [-0.15, -0.1) is 0 Å². The van der Waals surface area contributed by atoms with Crippen LogP contribution in [0.2, 0.25) is 0 Å². The molecule has 2 rings (SSSR count). The van der Waals surface area contributed by atoms with E-state index in [2.05, 4.69) is 0 Å². The van der Waals surface area contributed by atoms with Gasteiger partial charge in [0.2, 0.25) is 0 Å². The summed E-state index contributed by atoms with van der Waals surface area (Å²) in [6, 6.07) is 14.5. The number of carboxylic acid groups (broad SMARTS) is 1. The molecule has 0 fully saturated rings. The molecular formula is C22H30N2O5. The van der Waals surface area contributed by atoms with Crippen LogP contribution in [0.25, 0.3) is 0 Å². The lowest BCUT2D eigenvalue weighted by Crippen LogP contribution is -2.38. The number of rotatable bonds is 6. The van der Waals surface area contributed by atoms with Crippen LogP contribution in [-0.2, 0) is 27.2 Å². The van der Waals surface area contributed by atoms with Gasteiger partial charge in [-0.1, -0.05) is 42.5 Å². The van der Waals surface area contributed by atoms with Gasteiger partial charge in [0, 0.05) is 0 Å². The Bertz CT molecular complexity index is 770. The zero-order valence-electron chi connectivity index (χ0n) is 17.0. The highest BCUT2D eigenvalue weighted by molar-refractivity contribution is 5.76. The minimum Gasteiger partial charge on any atom is -0.508 e. The van der Waals surface area contributed by atoms with Gasteiger partial charge in [0.25, 0.3) is 0 Å². The van der Waals surface area contributed by atoms with E-state index in [9.17, 15) is 9.59 Å². The number of carbonyl (C=O) groups is 2. The minimum absolute atomic E-state index is 0.194. The first-order chi connectivity index (χ1) is 13.5. The summed E-state index contributed by atoms with van der Waals surface area (Å²) in [5.41, 5.74) is 12.4. The predicted molar refractivity (Wildman–Crippen MR) is 111 cm³/mol. The number of phenols is 1.